The van der Waals surface area contributed by atoms with Crippen molar-refractivity contribution in [3.63, 3.8) is 0 Å². The third-order valence-corrected chi connectivity index (χ3v) is 3.44. The predicted octanol–water partition coefficient (Wildman–Crippen LogP) is 1.64. The number of likely N-dealkylation sites (N-methyl/N-ethyl adjacent to an activating group) is 1. The minimum absolute atomic E-state index is 0.501. The Bertz CT molecular complexity index is 342. The van der Waals surface area contributed by atoms with Gasteiger partial charge in [-0.25, -0.2) is 4.98 Å². The lowest BCUT2D eigenvalue weighted by Crippen LogP contribution is -2.40. The zero-order valence-corrected chi connectivity index (χ0v) is 10.2. The van der Waals surface area contributed by atoms with Crippen molar-refractivity contribution >= 4 is 5.95 Å². The first-order chi connectivity index (χ1) is 7.64. The number of anilines is 1. The molecule has 1 aromatic rings. The molecule has 4 heteroatoms. The van der Waals surface area contributed by atoms with Gasteiger partial charge in [-0.2, -0.15) is 0 Å². The number of hydrogen-bond acceptors (Lipinski definition) is 3. The summed E-state index contributed by atoms with van der Waals surface area (Å²) in [6, 6.07) is 0. The fourth-order valence-corrected chi connectivity index (χ4v) is 2.59. The lowest BCUT2D eigenvalue weighted by Gasteiger charge is -2.29. The van der Waals surface area contributed by atoms with E-state index < -0.39 is 5.60 Å². The summed E-state index contributed by atoms with van der Waals surface area (Å²) in [6.07, 6.45) is 7.92. The average Bonchev–Trinajstić information content (AvgIpc) is 2.85. The molecule has 0 aromatic carbocycles. The Morgan fingerprint density at radius 3 is 2.81 bits per heavy atom. The van der Waals surface area contributed by atoms with Crippen LogP contribution in [0.2, 0.25) is 0 Å². The number of aryl methyl sites for hydroxylation is 1. The van der Waals surface area contributed by atoms with Gasteiger partial charge in [-0.05, 0) is 19.8 Å². The molecule has 1 aliphatic rings. The molecule has 0 radical (unpaired) electrons. The summed E-state index contributed by atoms with van der Waals surface area (Å²) >= 11 is 0. The van der Waals surface area contributed by atoms with Crippen molar-refractivity contribution in [2.45, 2.75) is 44.8 Å². The van der Waals surface area contributed by atoms with Gasteiger partial charge in [-0.1, -0.05) is 12.8 Å². The first-order valence-corrected chi connectivity index (χ1v) is 6.09. The third-order valence-electron chi connectivity index (χ3n) is 3.44. The molecule has 1 N–H and O–H groups in total. The van der Waals surface area contributed by atoms with Crippen molar-refractivity contribution < 1.29 is 5.11 Å². The van der Waals surface area contributed by atoms with E-state index >= 15 is 0 Å². The molecule has 1 heterocycles. The quantitative estimate of drug-likeness (QED) is 0.843. The lowest BCUT2D eigenvalue weighted by molar-refractivity contribution is 0.0555. The zero-order valence-electron chi connectivity index (χ0n) is 10.2. The summed E-state index contributed by atoms with van der Waals surface area (Å²) in [5.74, 6) is 0.947. The molecular formula is C12H21N3O. The van der Waals surface area contributed by atoms with Crippen LogP contribution in [0.4, 0.5) is 5.95 Å². The molecule has 0 atom stereocenters. The Balaban J connectivity index is 2.05. The van der Waals surface area contributed by atoms with Crippen LogP contribution in [-0.4, -0.2) is 33.9 Å². The minimum Gasteiger partial charge on any atom is -0.388 e. The summed E-state index contributed by atoms with van der Waals surface area (Å²) in [5.41, 5.74) is -0.501. The van der Waals surface area contributed by atoms with Crippen LogP contribution in [0.3, 0.4) is 0 Å². The Hall–Kier alpha value is -1.03. The molecule has 90 valence electrons. The smallest absolute Gasteiger partial charge is 0.205 e. The number of imidazole rings is 1. The molecule has 2 rings (SSSR count). The van der Waals surface area contributed by atoms with Crippen LogP contribution < -0.4 is 4.90 Å². The lowest BCUT2D eigenvalue weighted by atomic mass is 10.0. The van der Waals surface area contributed by atoms with E-state index in [-0.39, 0.29) is 0 Å². The van der Waals surface area contributed by atoms with Gasteiger partial charge in [0.1, 0.15) is 0 Å². The standard InChI is InChI=1S/C12H21N3O/c1-3-15-9-8-13-11(15)14(2)10-12(16)6-4-5-7-12/h8-9,16H,3-7,10H2,1-2H3. The molecule has 0 aliphatic heterocycles. The van der Waals surface area contributed by atoms with Crippen molar-refractivity contribution in [3.05, 3.63) is 12.4 Å². The van der Waals surface area contributed by atoms with Crippen LogP contribution in [0.5, 0.6) is 0 Å². The summed E-state index contributed by atoms with van der Waals surface area (Å²) in [4.78, 5) is 6.40. The van der Waals surface area contributed by atoms with Crippen LogP contribution in [0.25, 0.3) is 0 Å². The van der Waals surface area contributed by atoms with Gasteiger partial charge in [0.15, 0.2) is 0 Å². The van der Waals surface area contributed by atoms with E-state index in [9.17, 15) is 5.11 Å². The molecule has 16 heavy (non-hydrogen) atoms. The number of nitrogens with zero attached hydrogens (tertiary/aromatic N) is 3. The molecule has 0 spiro atoms. The van der Waals surface area contributed by atoms with E-state index in [1.165, 1.54) is 0 Å². The largest absolute Gasteiger partial charge is 0.388 e. The second kappa shape index (κ2) is 4.45. The van der Waals surface area contributed by atoms with E-state index in [1.807, 2.05) is 19.4 Å². The molecular weight excluding hydrogens is 202 g/mol. The van der Waals surface area contributed by atoms with Crippen LogP contribution in [0.1, 0.15) is 32.6 Å². The van der Waals surface area contributed by atoms with E-state index in [0.717, 1.165) is 38.2 Å². The van der Waals surface area contributed by atoms with E-state index in [4.69, 9.17) is 0 Å². The van der Waals surface area contributed by atoms with Gasteiger partial charge in [-0.15, -0.1) is 0 Å². The number of aliphatic hydroxyl groups is 1. The van der Waals surface area contributed by atoms with Crippen molar-refractivity contribution in [3.8, 4) is 0 Å². The van der Waals surface area contributed by atoms with Crippen LogP contribution in [0, 0.1) is 0 Å². The first-order valence-electron chi connectivity index (χ1n) is 6.09. The number of hydrogen-bond donors (Lipinski definition) is 1. The maximum atomic E-state index is 10.3. The highest BCUT2D eigenvalue weighted by atomic mass is 16.3. The number of aromatic nitrogens is 2. The molecule has 0 amide bonds. The molecule has 0 unspecified atom stereocenters. The summed E-state index contributed by atoms with van der Waals surface area (Å²) < 4.78 is 2.10. The summed E-state index contributed by atoms with van der Waals surface area (Å²) in [6.45, 7) is 3.70. The van der Waals surface area contributed by atoms with E-state index in [1.54, 1.807) is 0 Å². The van der Waals surface area contributed by atoms with Gasteiger partial charge in [-0.3, -0.25) is 0 Å². The monoisotopic (exact) mass is 223 g/mol. The Kier molecular flexibility index (Phi) is 3.19. The van der Waals surface area contributed by atoms with E-state index in [0.29, 0.717) is 6.54 Å². The van der Waals surface area contributed by atoms with Crippen molar-refractivity contribution in [1.29, 1.82) is 0 Å². The first kappa shape index (κ1) is 11.5. The third kappa shape index (κ3) is 2.21. The summed E-state index contributed by atoms with van der Waals surface area (Å²) in [7, 11) is 2.00. The van der Waals surface area contributed by atoms with Crippen molar-refractivity contribution in [1.82, 2.24) is 9.55 Å². The molecule has 1 aromatic heterocycles. The highest BCUT2D eigenvalue weighted by molar-refractivity contribution is 5.30. The molecule has 0 saturated heterocycles. The maximum Gasteiger partial charge on any atom is 0.205 e. The van der Waals surface area contributed by atoms with Gasteiger partial charge in [0.2, 0.25) is 5.95 Å². The van der Waals surface area contributed by atoms with Gasteiger partial charge >= 0.3 is 0 Å². The molecule has 1 fully saturated rings. The minimum atomic E-state index is -0.501. The Labute approximate surface area is 96.9 Å². The van der Waals surface area contributed by atoms with Crippen molar-refractivity contribution in [2.24, 2.45) is 0 Å². The van der Waals surface area contributed by atoms with E-state index in [2.05, 4.69) is 21.4 Å². The van der Waals surface area contributed by atoms with Gasteiger partial charge in [0.25, 0.3) is 0 Å². The topological polar surface area (TPSA) is 41.3 Å². The van der Waals surface area contributed by atoms with Crippen LogP contribution in [0.15, 0.2) is 12.4 Å². The summed E-state index contributed by atoms with van der Waals surface area (Å²) in [5, 5.41) is 10.3. The Morgan fingerprint density at radius 2 is 2.19 bits per heavy atom. The second-order valence-corrected chi connectivity index (χ2v) is 4.80. The van der Waals surface area contributed by atoms with Crippen LogP contribution in [-0.2, 0) is 6.54 Å². The fourth-order valence-electron chi connectivity index (χ4n) is 2.59. The second-order valence-electron chi connectivity index (χ2n) is 4.80. The number of rotatable bonds is 4. The molecule has 4 nitrogen and oxygen atoms in total. The zero-order chi connectivity index (χ0) is 11.6. The SMILES string of the molecule is CCn1ccnc1N(C)CC1(O)CCCC1. The average molecular weight is 223 g/mol. The highest BCUT2D eigenvalue weighted by Gasteiger charge is 2.32. The van der Waals surface area contributed by atoms with Crippen LogP contribution >= 0.6 is 0 Å². The molecule has 0 bridgehead atoms. The normalized spacial score (nSPS) is 18.9. The van der Waals surface area contributed by atoms with Gasteiger partial charge in [0, 0.05) is 32.5 Å². The Morgan fingerprint density at radius 1 is 1.50 bits per heavy atom. The molecule has 1 aliphatic carbocycles. The predicted molar refractivity (Wildman–Crippen MR) is 64.6 cm³/mol. The maximum absolute atomic E-state index is 10.3. The highest BCUT2D eigenvalue weighted by Crippen LogP contribution is 2.30. The molecule has 1 saturated carbocycles. The fraction of sp³-hybridized carbons (Fsp3) is 0.750. The van der Waals surface area contributed by atoms with Crippen molar-refractivity contribution in [2.75, 3.05) is 18.5 Å². The van der Waals surface area contributed by atoms with Gasteiger partial charge in [0.05, 0.1) is 5.60 Å². The van der Waals surface area contributed by atoms with Gasteiger partial charge < -0.3 is 14.6 Å².